The molecular weight excluding hydrogens is 414 g/mol. The third-order valence-corrected chi connectivity index (χ3v) is 3.59. The van der Waals surface area contributed by atoms with Gasteiger partial charge >= 0.3 is 6.09 Å². The molecule has 0 fully saturated rings. The first kappa shape index (κ1) is 22.7. The van der Waals surface area contributed by atoms with Gasteiger partial charge in [0.25, 0.3) is 0 Å². The van der Waals surface area contributed by atoms with Crippen LogP contribution in [-0.2, 0) is 14.3 Å². The van der Waals surface area contributed by atoms with Gasteiger partial charge in [-0.3, -0.25) is 9.59 Å². The number of rotatable bonds is 8. The largest absolute Gasteiger partial charge is 0.444 e. The molecule has 0 unspecified atom stereocenters. The van der Waals surface area contributed by atoms with E-state index < -0.39 is 11.7 Å². The van der Waals surface area contributed by atoms with Gasteiger partial charge < -0.3 is 20.7 Å². The van der Waals surface area contributed by atoms with Gasteiger partial charge in [0.05, 0.1) is 0 Å². The molecule has 0 saturated heterocycles. The lowest BCUT2D eigenvalue weighted by Crippen LogP contribution is -2.37. The summed E-state index contributed by atoms with van der Waals surface area (Å²) >= 11 is 3.35. The van der Waals surface area contributed by atoms with Crippen LogP contribution < -0.4 is 16.0 Å². The molecule has 0 aliphatic heterocycles. The highest BCUT2D eigenvalue weighted by Crippen LogP contribution is 2.11. The van der Waals surface area contributed by atoms with Gasteiger partial charge in [-0.2, -0.15) is 0 Å². The lowest BCUT2D eigenvalue weighted by Gasteiger charge is -2.19. The van der Waals surface area contributed by atoms with E-state index in [1.807, 2.05) is 24.3 Å². The number of amides is 3. The second kappa shape index (κ2) is 11.4. The first-order valence-corrected chi connectivity index (χ1v) is 9.40. The van der Waals surface area contributed by atoms with Crippen LogP contribution in [0, 0.1) is 0 Å². The van der Waals surface area contributed by atoms with E-state index in [2.05, 4.69) is 31.9 Å². The van der Waals surface area contributed by atoms with E-state index in [4.69, 9.17) is 4.74 Å². The number of ether oxygens (including phenoxy) is 1. The number of benzene rings is 1. The highest BCUT2D eigenvalue weighted by Gasteiger charge is 2.15. The summed E-state index contributed by atoms with van der Waals surface area (Å²) in [6.45, 7) is 6.10. The molecule has 0 aliphatic rings. The molecule has 0 aliphatic carbocycles. The second-order valence-corrected chi connectivity index (χ2v) is 7.62. The molecule has 0 heterocycles. The minimum absolute atomic E-state index is 0.136. The van der Waals surface area contributed by atoms with Gasteiger partial charge in [0, 0.05) is 36.6 Å². The van der Waals surface area contributed by atoms with Crippen molar-refractivity contribution in [1.29, 1.82) is 0 Å². The molecule has 148 valence electrons. The van der Waals surface area contributed by atoms with Crippen molar-refractivity contribution in [2.24, 2.45) is 0 Å². The summed E-state index contributed by atoms with van der Waals surface area (Å²) in [5, 5.41) is 7.86. The van der Waals surface area contributed by atoms with Crippen molar-refractivity contribution < 1.29 is 19.1 Å². The molecule has 3 amide bonds. The fourth-order valence-corrected chi connectivity index (χ4v) is 2.14. The number of carbonyl (C=O) groups excluding carboxylic acids is 3. The van der Waals surface area contributed by atoms with Crippen LogP contribution in [0.25, 0.3) is 6.08 Å². The van der Waals surface area contributed by atoms with Gasteiger partial charge in [-0.05, 0) is 44.5 Å². The Morgan fingerprint density at radius 2 is 1.63 bits per heavy atom. The van der Waals surface area contributed by atoms with E-state index in [-0.39, 0.29) is 24.8 Å². The van der Waals surface area contributed by atoms with E-state index in [1.54, 1.807) is 26.8 Å². The number of alkyl carbamates (subject to hydrolysis) is 1. The van der Waals surface area contributed by atoms with E-state index in [1.165, 1.54) is 6.08 Å². The van der Waals surface area contributed by atoms with Crippen LogP contribution in [0.15, 0.2) is 34.8 Å². The Morgan fingerprint density at radius 1 is 1.00 bits per heavy atom. The van der Waals surface area contributed by atoms with Crippen LogP contribution >= 0.6 is 15.9 Å². The second-order valence-electron chi connectivity index (χ2n) is 6.70. The van der Waals surface area contributed by atoms with Crippen molar-refractivity contribution in [2.75, 3.05) is 19.6 Å². The summed E-state index contributed by atoms with van der Waals surface area (Å²) in [7, 11) is 0. The van der Waals surface area contributed by atoms with E-state index in [0.717, 1.165) is 10.0 Å². The molecule has 1 aromatic rings. The molecule has 7 nitrogen and oxygen atoms in total. The fraction of sp³-hybridized carbons (Fsp3) is 0.421. The Hall–Kier alpha value is -2.35. The summed E-state index contributed by atoms with van der Waals surface area (Å²) < 4.78 is 6.04. The summed E-state index contributed by atoms with van der Waals surface area (Å²) in [4.78, 5) is 34.8. The Balaban J connectivity index is 2.12. The maximum atomic E-state index is 11.7. The van der Waals surface area contributed by atoms with Gasteiger partial charge in [-0.25, -0.2) is 4.79 Å². The zero-order valence-corrected chi connectivity index (χ0v) is 17.4. The van der Waals surface area contributed by atoms with Crippen molar-refractivity contribution in [3.8, 4) is 0 Å². The molecule has 0 saturated carbocycles. The van der Waals surface area contributed by atoms with Gasteiger partial charge in [-0.15, -0.1) is 0 Å². The minimum atomic E-state index is -0.573. The average molecular weight is 440 g/mol. The monoisotopic (exact) mass is 439 g/mol. The molecule has 8 heteroatoms. The molecule has 0 radical (unpaired) electrons. The average Bonchev–Trinajstić information content (AvgIpc) is 2.56. The maximum Gasteiger partial charge on any atom is 0.407 e. The number of hydrogen-bond acceptors (Lipinski definition) is 4. The van der Waals surface area contributed by atoms with Crippen LogP contribution in [0.5, 0.6) is 0 Å². The topological polar surface area (TPSA) is 96.5 Å². The zero-order chi connectivity index (χ0) is 20.3. The Kier molecular flexibility index (Phi) is 9.56. The molecule has 0 spiro atoms. The van der Waals surface area contributed by atoms with Crippen molar-refractivity contribution in [3.63, 3.8) is 0 Å². The SMILES string of the molecule is CC(C)(C)OC(=O)NCCC(=O)NCCNC(=O)/C=C/c1ccc(Br)cc1. The van der Waals surface area contributed by atoms with Gasteiger partial charge in [0.15, 0.2) is 0 Å². The quantitative estimate of drug-likeness (QED) is 0.428. The third kappa shape index (κ3) is 11.8. The molecule has 0 atom stereocenters. The molecule has 1 rings (SSSR count). The lowest BCUT2D eigenvalue weighted by molar-refractivity contribution is -0.121. The van der Waals surface area contributed by atoms with Gasteiger partial charge in [-0.1, -0.05) is 28.1 Å². The Bertz CT molecular complexity index is 667. The summed E-state index contributed by atoms with van der Waals surface area (Å²) in [6, 6.07) is 7.56. The number of nitrogens with one attached hydrogen (secondary N) is 3. The molecule has 27 heavy (non-hydrogen) atoms. The summed E-state index contributed by atoms with van der Waals surface area (Å²) in [5.41, 5.74) is 0.343. The number of halogens is 1. The van der Waals surface area contributed by atoms with Crippen molar-refractivity contribution in [3.05, 3.63) is 40.4 Å². The maximum absolute atomic E-state index is 11.7. The van der Waals surface area contributed by atoms with Crippen molar-refractivity contribution in [1.82, 2.24) is 16.0 Å². The number of hydrogen-bond donors (Lipinski definition) is 3. The van der Waals surface area contributed by atoms with Gasteiger partial charge in [0.1, 0.15) is 5.60 Å². The summed E-state index contributed by atoms with van der Waals surface area (Å²) in [6.07, 6.45) is 2.73. The minimum Gasteiger partial charge on any atom is -0.444 e. The Labute approximate surface area is 168 Å². The van der Waals surface area contributed by atoms with E-state index in [0.29, 0.717) is 13.1 Å². The van der Waals surface area contributed by atoms with Crippen LogP contribution in [0.3, 0.4) is 0 Å². The normalized spacial score (nSPS) is 11.1. The van der Waals surface area contributed by atoms with Crippen LogP contribution in [0.4, 0.5) is 4.79 Å². The molecule has 0 aromatic heterocycles. The predicted octanol–water partition coefficient (Wildman–Crippen LogP) is 2.61. The van der Waals surface area contributed by atoms with Crippen LogP contribution in [0.2, 0.25) is 0 Å². The van der Waals surface area contributed by atoms with Crippen molar-refractivity contribution >= 4 is 39.9 Å². The number of carbonyl (C=O) groups is 3. The van der Waals surface area contributed by atoms with Crippen LogP contribution in [-0.4, -0.2) is 43.1 Å². The molecular formula is C19H26BrN3O4. The standard InChI is InChI=1S/C19H26BrN3O4/c1-19(2,3)27-18(26)23-11-10-17(25)22-13-12-21-16(24)9-6-14-4-7-15(20)8-5-14/h4-9H,10-13H2,1-3H3,(H,21,24)(H,22,25)(H,23,26)/b9-6+. The molecule has 3 N–H and O–H groups in total. The summed E-state index contributed by atoms with van der Waals surface area (Å²) in [5.74, 6) is -0.454. The van der Waals surface area contributed by atoms with E-state index >= 15 is 0 Å². The first-order valence-electron chi connectivity index (χ1n) is 8.61. The van der Waals surface area contributed by atoms with Crippen molar-refractivity contribution in [2.45, 2.75) is 32.8 Å². The van der Waals surface area contributed by atoms with Crippen LogP contribution in [0.1, 0.15) is 32.8 Å². The Morgan fingerprint density at radius 3 is 2.26 bits per heavy atom. The molecule has 0 bridgehead atoms. The smallest absolute Gasteiger partial charge is 0.407 e. The highest BCUT2D eigenvalue weighted by molar-refractivity contribution is 9.10. The third-order valence-electron chi connectivity index (χ3n) is 3.06. The first-order chi connectivity index (χ1) is 12.7. The lowest BCUT2D eigenvalue weighted by atomic mass is 10.2. The van der Waals surface area contributed by atoms with E-state index in [9.17, 15) is 14.4 Å². The fourth-order valence-electron chi connectivity index (χ4n) is 1.87. The molecule has 1 aromatic carbocycles. The predicted molar refractivity (Wildman–Crippen MR) is 108 cm³/mol. The highest BCUT2D eigenvalue weighted by atomic mass is 79.9. The zero-order valence-electron chi connectivity index (χ0n) is 15.8. The van der Waals surface area contributed by atoms with Gasteiger partial charge in [0.2, 0.25) is 11.8 Å².